The summed E-state index contributed by atoms with van der Waals surface area (Å²) in [5.41, 5.74) is 8.04. The largest absolute Gasteiger partial charge is 0.423 e. The summed E-state index contributed by atoms with van der Waals surface area (Å²) in [5.74, 6) is -1.32. The molecule has 9 nitrogen and oxygen atoms in total. The summed E-state index contributed by atoms with van der Waals surface area (Å²) < 4.78 is 17.1. The van der Waals surface area contributed by atoms with Crippen molar-refractivity contribution in [1.82, 2.24) is 5.32 Å². The lowest BCUT2D eigenvalue weighted by Gasteiger charge is -2.41. The van der Waals surface area contributed by atoms with Crippen molar-refractivity contribution in [1.29, 1.82) is 0 Å². The van der Waals surface area contributed by atoms with Crippen LogP contribution in [0.5, 0.6) is 17.2 Å². The SMILES string of the molecule is CCC(C)[C@H](NC(c1ccc(OC(=O)c2ccccc2)cc1)(c1ccc(OC(=O)c2ccccc2)cc1)c1ccc(OC(=O)c2ccccc2)cc1)C(N)=O. The summed E-state index contributed by atoms with van der Waals surface area (Å²) in [5, 5.41) is 3.63. The summed E-state index contributed by atoms with van der Waals surface area (Å²) in [4.78, 5) is 51.9. The first-order chi connectivity index (χ1) is 26.7. The summed E-state index contributed by atoms with van der Waals surface area (Å²) in [6, 6.07) is 46.2. The fraction of sp³-hybridized carbons (Fsp3) is 0.130. The summed E-state index contributed by atoms with van der Waals surface area (Å²) >= 11 is 0. The smallest absolute Gasteiger partial charge is 0.343 e. The Morgan fingerprint density at radius 1 is 0.509 bits per heavy atom. The zero-order chi connectivity index (χ0) is 38.8. The third-order valence-electron chi connectivity index (χ3n) is 9.41. The Kier molecular flexibility index (Phi) is 11.9. The number of primary amides is 1. The van der Waals surface area contributed by atoms with E-state index in [2.05, 4.69) is 5.32 Å². The number of carbonyl (C=O) groups is 4. The second kappa shape index (κ2) is 17.3. The lowest BCUT2D eigenvalue weighted by atomic mass is 9.75. The number of rotatable bonds is 14. The average Bonchev–Trinajstić information content (AvgIpc) is 3.23. The van der Waals surface area contributed by atoms with Gasteiger partial charge in [0.15, 0.2) is 0 Å². The number of amides is 1. The van der Waals surface area contributed by atoms with Crippen molar-refractivity contribution in [3.63, 3.8) is 0 Å². The predicted molar refractivity (Wildman–Crippen MR) is 209 cm³/mol. The van der Waals surface area contributed by atoms with Gasteiger partial charge < -0.3 is 19.9 Å². The maximum absolute atomic E-state index is 13.2. The van der Waals surface area contributed by atoms with Crippen LogP contribution in [-0.2, 0) is 10.3 Å². The topological polar surface area (TPSA) is 134 Å². The molecule has 2 atom stereocenters. The molecule has 0 radical (unpaired) electrons. The fourth-order valence-corrected chi connectivity index (χ4v) is 6.25. The van der Waals surface area contributed by atoms with E-state index in [1.54, 1.807) is 109 Å². The molecule has 1 amide bonds. The molecule has 6 aromatic carbocycles. The third-order valence-corrected chi connectivity index (χ3v) is 9.41. The zero-order valence-electron chi connectivity index (χ0n) is 30.4. The van der Waals surface area contributed by atoms with E-state index in [1.807, 2.05) is 68.4 Å². The predicted octanol–water partition coefficient (Wildman–Crippen LogP) is 8.13. The lowest BCUT2D eigenvalue weighted by molar-refractivity contribution is -0.121. The number of hydrogen-bond donors (Lipinski definition) is 2. The van der Waals surface area contributed by atoms with Crippen LogP contribution >= 0.6 is 0 Å². The van der Waals surface area contributed by atoms with Crippen LogP contribution in [0.25, 0.3) is 0 Å². The number of nitrogens with two attached hydrogens (primary N) is 1. The van der Waals surface area contributed by atoms with E-state index in [0.717, 1.165) is 0 Å². The summed E-state index contributed by atoms with van der Waals surface area (Å²) in [7, 11) is 0. The third kappa shape index (κ3) is 8.87. The second-order valence-corrected chi connectivity index (χ2v) is 13.0. The Balaban J connectivity index is 1.44. The zero-order valence-corrected chi connectivity index (χ0v) is 30.4. The van der Waals surface area contributed by atoms with Crippen molar-refractivity contribution < 1.29 is 33.4 Å². The molecule has 3 N–H and O–H groups in total. The lowest BCUT2D eigenvalue weighted by Crippen LogP contribution is -2.56. The van der Waals surface area contributed by atoms with Crippen LogP contribution in [0.3, 0.4) is 0 Å². The Bertz CT molecular complexity index is 1990. The van der Waals surface area contributed by atoms with E-state index < -0.39 is 35.4 Å². The normalized spacial score (nSPS) is 12.2. The molecule has 0 heterocycles. The van der Waals surface area contributed by atoms with Gasteiger partial charge >= 0.3 is 17.9 Å². The van der Waals surface area contributed by atoms with Crippen LogP contribution in [0, 0.1) is 5.92 Å². The molecule has 0 saturated carbocycles. The van der Waals surface area contributed by atoms with Gasteiger partial charge in [-0.2, -0.15) is 0 Å². The first-order valence-corrected chi connectivity index (χ1v) is 17.9. The van der Waals surface area contributed by atoms with Crippen molar-refractivity contribution in [2.75, 3.05) is 0 Å². The van der Waals surface area contributed by atoms with Crippen molar-refractivity contribution in [3.05, 3.63) is 197 Å². The van der Waals surface area contributed by atoms with Gasteiger partial charge in [-0.15, -0.1) is 0 Å². The second-order valence-electron chi connectivity index (χ2n) is 13.0. The Labute approximate surface area is 319 Å². The van der Waals surface area contributed by atoms with Crippen molar-refractivity contribution >= 4 is 23.8 Å². The molecule has 1 unspecified atom stereocenters. The molecule has 0 spiro atoms. The quantitative estimate of drug-likeness (QED) is 0.0652. The van der Waals surface area contributed by atoms with Gasteiger partial charge in [0, 0.05) is 0 Å². The number of benzene rings is 6. The molecule has 0 saturated heterocycles. The van der Waals surface area contributed by atoms with Gasteiger partial charge in [-0.3, -0.25) is 10.1 Å². The molecule has 0 aliphatic heterocycles. The molecule has 276 valence electrons. The van der Waals surface area contributed by atoms with E-state index in [-0.39, 0.29) is 5.92 Å². The van der Waals surface area contributed by atoms with Gasteiger partial charge in [0.05, 0.1) is 28.3 Å². The van der Waals surface area contributed by atoms with Gasteiger partial charge in [0.1, 0.15) is 17.2 Å². The highest BCUT2D eigenvalue weighted by Gasteiger charge is 2.41. The van der Waals surface area contributed by atoms with E-state index in [9.17, 15) is 19.2 Å². The molecule has 9 heteroatoms. The number of hydrogen-bond acceptors (Lipinski definition) is 8. The maximum Gasteiger partial charge on any atom is 0.343 e. The molecule has 0 aliphatic rings. The molecule has 6 aromatic rings. The van der Waals surface area contributed by atoms with Crippen molar-refractivity contribution in [2.45, 2.75) is 31.8 Å². The Morgan fingerprint density at radius 2 is 0.800 bits per heavy atom. The van der Waals surface area contributed by atoms with Crippen LogP contribution in [0.2, 0.25) is 0 Å². The van der Waals surface area contributed by atoms with Crippen molar-refractivity contribution in [3.8, 4) is 17.2 Å². The summed E-state index contributed by atoms with van der Waals surface area (Å²) in [6.45, 7) is 3.92. The molecule has 6 rings (SSSR count). The van der Waals surface area contributed by atoms with E-state index in [0.29, 0.717) is 57.1 Å². The number of carbonyl (C=O) groups excluding carboxylic acids is 4. The first-order valence-electron chi connectivity index (χ1n) is 17.9. The summed E-state index contributed by atoms with van der Waals surface area (Å²) in [6.07, 6.45) is 0.647. The fourth-order valence-electron chi connectivity index (χ4n) is 6.25. The van der Waals surface area contributed by atoms with Gasteiger partial charge in [-0.25, -0.2) is 14.4 Å². The minimum atomic E-state index is -1.27. The molecule has 0 bridgehead atoms. The maximum atomic E-state index is 13.2. The van der Waals surface area contributed by atoms with E-state index in [4.69, 9.17) is 19.9 Å². The van der Waals surface area contributed by atoms with Crippen LogP contribution < -0.4 is 25.3 Å². The Hall–Kier alpha value is -6.84. The number of esters is 3. The van der Waals surface area contributed by atoms with Crippen LogP contribution in [0.1, 0.15) is 68.0 Å². The van der Waals surface area contributed by atoms with Gasteiger partial charge in [-0.05, 0) is 95.4 Å². The first kappa shape index (κ1) is 37.9. The molecule has 0 fully saturated rings. The van der Waals surface area contributed by atoms with Gasteiger partial charge in [0.25, 0.3) is 0 Å². The minimum absolute atomic E-state index is 0.180. The monoisotopic (exact) mass is 732 g/mol. The highest BCUT2D eigenvalue weighted by molar-refractivity contribution is 5.92. The molecule has 55 heavy (non-hydrogen) atoms. The molecular formula is C46H40N2O7. The minimum Gasteiger partial charge on any atom is -0.423 e. The van der Waals surface area contributed by atoms with Gasteiger partial charge in [0.2, 0.25) is 5.91 Å². The molecule has 0 aromatic heterocycles. The van der Waals surface area contributed by atoms with Crippen molar-refractivity contribution in [2.24, 2.45) is 11.7 Å². The highest BCUT2D eigenvalue weighted by Crippen LogP contribution is 2.40. The number of ether oxygens (including phenoxy) is 3. The van der Waals surface area contributed by atoms with Crippen LogP contribution in [-0.4, -0.2) is 29.9 Å². The molecular weight excluding hydrogens is 693 g/mol. The van der Waals surface area contributed by atoms with Crippen LogP contribution in [0.15, 0.2) is 164 Å². The average molecular weight is 733 g/mol. The van der Waals surface area contributed by atoms with Gasteiger partial charge in [-0.1, -0.05) is 111 Å². The molecule has 0 aliphatic carbocycles. The number of nitrogens with one attached hydrogen (secondary N) is 1. The Morgan fingerprint density at radius 3 is 1.05 bits per heavy atom. The van der Waals surface area contributed by atoms with Crippen LogP contribution in [0.4, 0.5) is 0 Å². The van der Waals surface area contributed by atoms with E-state index in [1.165, 1.54) is 0 Å². The standard InChI is InChI=1S/C46H40N2O7/c1-3-31(2)41(42(47)49)48-46(35-19-25-38(26-20-35)53-43(50)32-13-7-4-8-14-32,36-21-27-39(28-22-36)54-44(51)33-15-9-5-10-16-33)37-23-29-40(30-24-37)55-45(52)34-17-11-6-12-18-34/h4-31,41,48H,3H2,1-2H3,(H2,47,49)/t31?,41-/m0/s1. The highest BCUT2D eigenvalue weighted by atomic mass is 16.5. The van der Waals surface area contributed by atoms with E-state index >= 15 is 0 Å².